The second kappa shape index (κ2) is 50.9. The monoisotopic (exact) mass is 684 g/mol. The minimum absolute atomic E-state index is 0. The van der Waals surface area contributed by atoms with Crippen LogP contribution in [0.2, 0.25) is 0 Å². The predicted molar refractivity (Wildman–Crippen MR) is 182 cm³/mol. The fourth-order valence-corrected chi connectivity index (χ4v) is 12.3. The molecule has 4 nitrogen and oxygen atoms in total. The molecule has 1 rings (SSSR count). The van der Waals surface area contributed by atoms with Crippen LogP contribution in [0.5, 0.6) is 0 Å². The van der Waals surface area contributed by atoms with Crippen molar-refractivity contribution >= 4 is 31.7 Å². The van der Waals surface area contributed by atoms with E-state index in [0.717, 1.165) is 5.92 Å². The van der Waals surface area contributed by atoms with Crippen LogP contribution in [0.1, 0.15) is 92.4 Å². The molecule has 1 fully saturated rings. The van der Waals surface area contributed by atoms with Gasteiger partial charge >= 0.3 is 45.2 Å². The van der Waals surface area contributed by atoms with Crippen molar-refractivity contribution in [2.45, 2.75) is 92.4 Å². The van der Waals surface area contributed by atoms with Gasteiger partial charge in [0.2, 0.25) is 0 Å². The van der Waals surface area contributed by atoms with Crippen molar-refractivity contribution in [2.24, 2.45) is 5.92 Å². The molecular weight excluding hydrogens is 623 g/mol. The Morgan fingerprint density at radius 2 is 0.854 bits per heavy atom. The van der Waals surface area contributed by atoms with Crippen molar-refractivity contribution in [3.05, 3.63) is 33.5 Å². The van der Waals surface area contributed by atoms with Gasteiger partial charge in [0, 0.05) is 18.6 Å². The SMILES string of the molecule is CCP(C)CCCP(CCCP(CC)CC)CCCP(CC)CC.[C-]#[O+].[C-]#[O+].[C-]#[O+].[C-]#[O+].[CH2-]CC1CCCCC1.[V]. The molecule has 41 heavy (non-hydrogen) atoms. The van der Waals surface area contributed by atoms with Crippen LogP contribution in [0.15, 0.2) is 0 Å². The Morgan fingerprint density at radius 3 is 1.12 bits per heavy atom. The van der Waals surface area contributed by atoms with Crippen LogP contribution >= 0.6 is 31.7 Å². The fraction of sp³-hybridized carbons (Fsp3) is 0.844. The minimum atomic E-state index is 0. The number of hydrogen-bond acceptors (Lipinski definition) is 0. The van der Waals surface area contributed by atoms with E-state index in [1.807, 2.05) is 0 Å². The molecule has 0 aliphatic heterocycles. The summed E-state index contributed by atoms with van der Waals surface area (Å²) >= 11 is 0. The molecule has 0 aromatic heterocycles. The van der Waals surface area contributed by atoms with Crippen LogP contribution in [0, 0.1) is 39.4 Å². The molecule has 0 aromatic rings. The largest absolute Gasteiger partial charge is 0.343 e. The van der Waals surface area contributed by atoms with Crippen LogP contribution in [0.4, 0.5) is 0 Å². The maximum absolute atomic E-state index is 7.50. The van der Waals surface area contributed by atoms with Gasteiger partial charge in [-0.2, -0.15) is 6.42 Å². The third kappa shape index (κ3) is 41.3. The molecule has 1 saturated carbocycles. The first-order chi connectivity index (χ1) is 19.5. The number of rotatable bonds is 18. The normalized spacial score (nSPS) is 12.6. The van der Waals surface area contributed by atoms with E-state index in [9.17, 15) is 0 Å². The molecule has 1 aliphatic carbocycles. The summed E-state index contributed by atoms with van der Waals surface area (Å²) in [5.41, 5.74) is 0. The van der Waals surface area contributed by atoms with E-state index in [1.54, 1.807) is 43.7 Å². The van der Waals surface area contributed by atoms with E-state index in [1.165, 1.54) is 81.9 Å². The van der Waals surface area contributed by atoms with Crippen molar-refractivity contribution in [1.29, 1.82) is 0 Å². The van der Waals surface area contributed by atoms with Gasteiger partial charge in [-0.1, -0.05) is 72.6 Å². The summed E-state index contributed by atoms with van der Waals surface area (Å²) in [6, 6.07) is 0. The van der Waals surface area contributed by atoms with Gasteiger partial charge in [-0.05, 0) is 93.7 Å². The van der Waals surface area contributed by atoms with Crippen molar-refractivity contribution in [3.8, 4) is 0 Å². The zero-order valence-corrected chi connectivity index (χ0v) is 32.3. The average Bonchev–Trinajstić information content (AvgIpc) is 3.05. The molecule has 0 bridgehead atoms. The molecule has 1 aliphatic rings. The first-order valence-electron chi connectivity index (χ1n) is 15.0. The van der Waals surface area contributed by atoms with E-state index in [4.69, 9.17) is 18.6 Å². The Labute approximate surface area is 274 Å². The summed E-state index contributed by atoms with van der Waals surface area (Å²) in [4.78, 5) is 0. The summed E-state index contributed by atoms with van der Waals surface area (Å²) in [5, 5.41) is 0. The van der Waals surface area contributed by atoms with Gasteiger partial charge in [0.05, 0.1) is 0 Å². The van der Waals surface area contributed by atoms with Gasteiger partial charge in [0.25, 0.3) is 0 Å². The van der Waals surface area contributed by atoms with Crippen LogP contribution in [-0.2, 0) is 37.2 Å². The second-order valence-corrected chi connectivity index (χ2v) is 21.2. The molecule has 0 aromatic carbocycles. The van der Waals surface area contributed by atoms with E-state index in [-0.39, 0.29) is 18.6 Å². The van der Waals surface area contributed by atoms with E-state index in [2.05, 4.69) is 74.8 Å². The van der Waals surface area contributed by atoms with Crippen molar-refractivity contribution < 1.29 is 37.2 Å². The molecule has 0 amide bonds. The topological polar surface area (TPSA) is 79.6 Å². The zero-order chi connectivity index (χ0) is 32.0. The summed E-state index contributed by atoms with van der Waals surface area (Å²) < 4.78 is 30.0. The van der Waals surface area contributed by atoms with Gasteiger partial charge in [-0.3, -0.25) is 0 Å². The minimum Gasteiger partial charge on any atom is -0.343 e. The van der Waals surface area contributed by atoms with Crippen molar-refractivity contribution in [3.63, 3.8) is 0 Å². The molecule has 9 heteroatoms. The third-order valence-electron chi connectivity index (χ3n) is 7.37. The fourth-order valence-electron chi connectivity index (χ4n) is 4.65. The van der Waals surface area contributed by atoms with Crippen LogP contribution in [0.25, 0.3) is 0 Å². The molecule has 0 saturated heterocycles. The van der Waals surface area contributed by atoms with E-state index < -0.39 is 0 Å². The van der Waals surface area contributed by atoms with Gasteiger partial charge in [-0.15, -0.1) is 31.7 Å². The zero-order valence-electron chi connectivity index (χ0n) is 27.3. The van der Waals surface area contributed by atoms with Gasteiger partial charge in [-0.25, -0.2) is 0 Å². The summed E-state index contributed by atoms with van der Waals surface area (Å²) in [5.74, 6) is 0.976. The Balaban J connectivity index is -0.000000149. The summed E-state index contributed by atoms with van der Waals surface area (Å²) in [6.45, 7) is 36.4. The summed E-state index contributed by atoms with van der Waals surface area (Å²) in [7, 11) is 1.46. The molecule has 1 atom stereocenters. The third-order valence-corrected chi connectivity index (χ3v) is 17.9. The van der Waals surface area contributed by atoms with E-state index >= 15 is 0 Å². The average molecular weight is 685 g/mol. The molecule has 0 spiro atoms. The Bertz CT molecular complexity index is 491. The Hall–Kier alpha value is 1.26. The quantitative estimate of drug-likeness (QED) is 0.0783. The predicted octanol–water partition coefficient (Wildman–Crippen LogP) is 10.5. The Kier molecular flexibility index (Phi) is 67.9. The molecule has 1 unspecified atom stereocenters. The Morgan fingerprint density at radius 1 is 0.537 bits per heavy atom. The van der Waals surface area contributed by atoms with Crippen molar-refractivity contribution in [2.75, 3.05) is 74.4 Å². The maximum atomic E-state index is 7.50. The molecular formula is C32H61O4P4V-. The van der Waals surface area contributed by atoms with Crippen molar-refractivity contribution in [1.82, 2.24) is 0 Å². The van der Waals surface area contributed by atoms with Crippen LogP contribution in [0.3, 0.4) is 0 Å². The van der Waals surface area contributed by atoms with Crippen LogP contribution in [-0.4, -0.2) is 74.4 Å². The molecule has 239 valence electrons. The van der Waals surface area contributed by atoms with Crippen LogP contribution < -0.4 is 0 Å². The maximum Gasteiger partial charge on any atom is 0 e. The standard InChI is InChI=1S/C20H46P4.C8H15.4CO.V/c1-7-21(6)15-12-18-24(19-13-16-22(8-2)9-3)20-14-17-23(10-4)11-5;1-2-8-6-4-3-5-7-8;4*1-2;/h7-20H2,1-6H3;8H,1-7H2;;;;;/q;-1;;;;;. The van der Waals surface area contributed by atoms with Gasteiger partial charge in [0.1, 0.15) is 0 Å². The molecule has 0 heterocycles. The van der Waals surface area contributed by atoms with Gasteiger partial charge < -0.3 is 6.92 Å². The summed E-state index contributed by atoms with van der Waals surface area (Å²) in [6.07, 6.45) is 29.8. The molecule has 1 radical (unpaired) electrons. The van der Waals surface area contributed by atoms with E-state index in [0.29, 0.717) is 31.7 Å². The van der Waals surface area contributed by atoms with Gasteiger partial charge in [0.15, 0.2) is 0 Å². The molecule has 0 N–H and O–H groups in total. The second-order valence-electron chi connectivity index (χ2n) is 9.64. The smallest absolute Gasteiger partial charge is 0 e. The number of hydrogen-bond donors (Lipinski definition) is 0. The first-order valence-corrected chi connectivity index (χ1v) is 22.9. The first kappa shape index (κ1) is 54.7.